The highest BCUT2D eigenvalue weighted by Crippen LogP contribution is 2.06. The van der Waals surface area contributed by atoms with Gasteiger partial charge in [0.1, 0.15) is 0 Å². The minimum atomic E-state index is -3.35. The molecular formula is C10H24N2O3S. The van der Waals surface area contributed by atoms with Crippen LogP contribution in [0.2, 0.25) is 0 Å². The molecule has 1 unspecified atom stereocenters. The standard InChI is InChI=1S/C10H24N2O3S/c1-9(2)7-10(8-12(3)4)11-16(14,15)6-5-13/h9-11,13H,5-8H2,1-4H3. The summed E-state index contributed by atoms with van der Waals surface area (Å²) in [6.45, 7) is 4.44. The van der Waals surface area contributed by atoms with Crippen molar-refractivity contribution in [3.63, 3.8) is 0 Å². The summed E-state index contributed by atoms with van der Waals surface area (Å²) in [6, 6.07) is -0.0912. The molecule has 0 amide bonds. The number of hydrogen-bond acceptors (Lipinski definition) is 4. The summed E-state index contributed by atoms with van der Waals surface area (Å²) >= 11 is 0. The van der Waals surface area contributed by atoms with Crippen LogP contribution in [0, 0.1) is 5.92 Å². The molecule has 1 atom stereocenters. The first-order valence-corrected chi connectivity index (χ1v) is 7.17. The Balaban J connectivity index is 4.41. The molecule has 0 saturated carbocycles. The van der Waals surface area contributed by atoms with Gasteiger partial charge in [-0.15, -0.1) is 0 Å². The van der Waals surface area contributed by atoms with Gasteiger partial charge < -0.3 is 10.0 Å². The third-order valence-electron chi connectivity index (χ3n) is 2.05. The molecule has 5 nitrogen and oxygen atoms in total. The smallest absolute Gasteiger partial charge is 0.214 e. The molecule has 0 aromatic carbocycles. The second-order valence-corrected chi connectivity index (χ2v) is 6.62. The van der Waals surface area contributed by atoms with Gasteiger partial charge in [-0.2, -0.15) is 0 Å². The second-order valence-electron chi connectivity index (χ2n) is 4.75. The van der Waals surface area contributed by atoms with Crippen LogP contribution >= 0.6 is 0 Å². The Morgan fingerprint density at radius 3 is 2.25 bits per heavy atom. The lowest BCUT2D eigenvalue weighted by atomic mass is 10.0. The van der Waals surface area contributed by atoms with E-state index in [1.807, 2.05) is 19.0 Å². The van der Waals surface area contributed by atoms with E-state index in [0.717, 1.165) is 6.42 Å². The summed E-state index contributed by atoms with van der Waals surface area (Å²) < 4.78 is 25.7. The monoisotopic (exact) mass is 252 g/mol. The van der Waals surface area contributed by atoms with E-state index in [0.29, 0.717) is 12.5 Å². The van der Waals surface area contributed by atoms with Crippen LogP contribution in [0.5, 0.6) is 0 Å². The molecule has 16 heavy (non-hydrogen) atoms. The molecule has 0 bridgehead atoms. The number of aliphatic hydroxyl groups excluding tert-OH is 1. The second kappa shape index (κ2) is 7.21. The van der Waals surface area contributed by atoms with Crippen LogP contribution in [-0.2, 0) is 10.0 Å². The van der Waals surface area contributed by atoms with Crippen molar-refractivity contribution >= 4 is 10.0 Å². The first-order valence-electron chi connectivity index (χ1n) is 5.52. The van der Waals surface area contributed by atoms with Gasteiger partial charge in [-0.25, -0.2) is 13.1 Å². The van der Waals surface area contributed by atoms with E-state index in [1.165, 1.54) is 0 Å². The molecule has 2 N–H and O–H groups in total. The van der Waals surface area contributed by atoms with Crippen LogP contribution < -0.4 is 4.72 Å². The molecule has 0 heterocycles. The average Bonchev–Trinajstić information content (AvgIpc) is 1.98. The maximum absolute atomic E-state index is 11.5. The van der Waals surface area contributed by atoms with Gasteiger partial charge in [0.05, 0.1) is 12.4 Å². The van der Waals surface area contributed by atoms with E-state index in [1.54, 1.807) is 0 Å². The first kappa shape index (κ1) is 15.8. The Hall–Kier alpha value is -0.170. The van der Waals surface area contributed by atoms with Gasteiger partial charge in [0.2, 0.25) is 10.0 Å². The maximum atomic E-state index is 11.5. The van der Waals surface area contributed by atoms with Gasteiger partial charge in [-0.3, -0.25) is 0 Å². The third kappa shape index (κ3) is 8.04. The van der Waals surface area contributed by atoms with Gasteiger partial charge in [0.25, 0.3) is 0 Å². The van der Waals surface area contributed by atoms with E-state index in [-0.39, 0.29) is 18.4 Å². The number of hydrogen-bond donors (Lipinski definition) is 2. The maximum Gasteiger partial charge on any atom is 0.214 e. The molecule has 6 heteroatoms. The fraction of sp³-hybridized carbons (Fsp3) is 1.00. The summed E-state index contributed by atoms with van der Waals surface area (Å²) in [6.07, 6.45) is 0.794. The van der Waals surface area contributed by atoms with Crippen molar-refractivity contribution in [3.8, 4) is 0 Å². The molecule has 0 saturated heterocycles. The van der Waals surface area contributed by atoms with E-state index in [9.17, 15) is 8.42 Å². The number of aliphatic hydroxyl groups is 1. The van der Waals surface area contributed by atoms with Gasteiger partial charge in [-0.05, 0) is 26.4 Å². The van der Waals surface area contributed by atoms with E-state index < -0.39 is 10.0 Å². The normalized spacial score (nSPS) is 14.7. The molecule has 0 aromatic rings. The van der Waals surface area contributed by atoms with Crippen LogP contribution in [-0.4, -0.2) is 57.5 Å². The molecule has 98 valence electrons. The third-order valence-corrected chi connectivity index (χ3v) is 3.46. The Kier molecular flexibility index (Phi) is 7.14. The topological polar surface area (TPSA) is 69.6 Å². The summed E-state index contributed by atoms with van der Waals surface area (Å²) in [5, 5.41) is 8.65. The lowest BCUT2D eigenvalue weighted by Crippen LogP contribution is -2.43. The molecular weight excluding hydrogens is 228 g/mol. The number of likely N-dealkylation sites (N-methyl/N-ethyl adjacent to an activating group) is 1. The zero-order valence-electron chi connectivity index (χ0n) is 10.6. The van der Waals surface area contributed by atoms with Crippen LogP contribution in [0.4, 0.5) is 0 Å². The highest BCUT2D eigenvalue weighted by Gasteiger charge is 2.18. The van der Waals surface area contributed by atoms with E-state index >= 15 is 0 Å². The zero-order valence-corrected chi connectivity index (χ0v) is 11.4. The Morgan fingerprint density at radius 2 is 1.88 bits per heavy atom. The van der Waals surface area contributed by atoms with Gasteiger partial charge in [-0.1, -0.05) is 13.8 Å². The summed E-state index contributed by atoms with van der Waals surface area (Å²) in [5.74, 6) is 0.205. The predicted octanol–water partition coefficient (Wildman–Crippen LogP) is -0.126. The molecule has 0 aliphatic heterocycles. The van der Waals surface area contributed by atoms with E-state index in [2.05, 4.69) is 18.6 Å². The quantitative estimate of drug-likeness (QED) is 0.631. The lowest BCUT2D eigenvalue weighted by Gasteiger charge is -2.23. The summed E-state index contributed by atoms with van der Waals surface area (Å²) in [7, 11) is 0.472. The highest BCUT2D eigenvalue weighted by molar-refractivity contribution is 7.89. The van der Waals surface area contributed by atoms with Crippen LogP contribution in [0.25, 0.3) is 0 Å². The van der Waals surface area contributed by atoms with Crippen molar-refractivity contribution in [2.75, 3.05) is 33.0 Å². The van der Waals surface area contributed by atoms with Gasteiger partial charge >= 0.3 is 0 Å². The van der Waals surface area contributed by atoms with E-state index in [4.69, 9.17) is 5.11 Å². The van der Waals surface area contributed by atoms with Crippen LogP contribution in [0.3, 0.4) is 0 Å². The molecule has 0 fully saturated rings. The SMILES string of the molecule is CC(C)CC(CN(C)C)NS(=O)(=O)CCO. The number of nitrogens with zero attached hydrogens (tertiary/aromatic N) is 1. The van der Waals surface area contributed by atoms with Crippen LogP contribution in [0.15, 0.2) is 0 Å². The van der Waals surface area contributed by atoms with Crippen molar-refractivity contribution < 1.29 is 13.5 Å². The lowest BCUT2D eigenvalue weighted by molar-refractivity contribution is 0.314. The van der Waals surface area contributed by atoms with Gasteiger partial charge in [0, 0.05) is 12.6 Å². The molecule has 0 radical (unpaired) electrons. The fourth-order valence-corrected chi connectivity index (χ4v) is 2.64. The number of sulfonamides is 1. The van der Waals surface area contributed by atoms with Crippen molar-refractivity contribution in [1.29, 1.82) is 0 Å². The number of nitrogens with one attached hydrogen (secondary N) is 1. The molecule has 0 spiro atoms. The van der Waals surface area contributed by atoms with Crippen molar-refractivity contribution in [1.82, 2.24) is 9.62 Å². The zero-order chi connectivity index (χ0) is 12.8. The Labute approximate surface area is 98.9 Å². The van der Waals surface area contributed by atoms with Crippen molar-refractivity contribution in [3.05, 3.63) is 0 Å². The minimum Gasteiger partial charge on any atom is -0.395 e. The van der Waals surface area contributed by atoms with Crippen molar-refractivity contribution in [2.24, 2.45) is 5.92 Å². The minimum absolute atomic E-state index is 0.0912. The molecule has 0 aromatic heterocycles. The first-order chi connectivity index (χ1) is 7.26. The Morgan fingerprint density at radius 1 is 1.31 bits per heavy atom. The van der Waals surface area contributed by atoms with Gasteiger partial charge in [0.15, 0.2) is 0 Å². The molecule has 0 rings (SSSR count). The summed E-state index contributed by atoms with van der Waals surface area (Å²) in [4.78, 5) is 1.95. The number of rotatable bonds is 8. The predicted molar refractivity (Wildman–Crippen MR) is 65.8 cm³/mol. The average molecular weight is 252 g/mol. The molecule has 0 aliphatic rings. The fourth-order valence-electron chi connectivity index (χ4n) is 1.60. The summed E-state index contributed by atoms with van der Waals surface area (Å²) in [5.41, 5.74) is 0. The molecule has 0 aliphatic carbocycles. The van der Waals surface area contributed by atoms with Crippen LogP contribution in [0.1, 0.15) is 20.3 Å². The Bertz CT molecular complexity index is 266. The largest absolute Gasteiger partial charge is 0.395 e. The van der Waals surface area contributed by atoms with Crippen molar-refractivity contribution in [2.45, 2.75) is 26.3 Å². The highest BCUT2D eigenvalue weighted by atomic mass is 32.2.